The number of fused-ring (bicyclic) bond motifs is 2. The van der Waals surface area contributed by atoms with E-state index >= 15 is 0 Å². The molecule has 16 heteroatoms. The number of rotatable bonds is 11. The second kappa shape index (κ2) is 27.8. The zero-order valence-corrected chi connectivity index (χ0v) is 44.1. The zero-order valence-electron chi connectivity index (χ0n) is 44.1. The number of nitrogens with zero attached hydrogens (tertiary/aromatic N) is 6. The smallest absolute Gasteiger partial charge is 0.306 e. The number of amides is 2. The molecule has 5 unspecified atom stereocenters. The lowest BCUT2D eigenvalue weighted by atomic mass is 9.76. The summed E-state index contributed by atoms with van der Waals surface area (Å²) in [6.45, 7) is 21.8. The number of hydrogen-bond acceptors (Lipinski definition) is 14. The predicted molar refractivity (Wildman–Crippen MR) is 272 cm³/mol. The monoisotopic (exact) mass is 972 g/mol. The molecule has 386 valence electrons. The zero-order chi connectivity index (χ0) is 52.2. The predicted octanol–water partition coefficient (Wildman–Crippen LogP) is 6.75. The van der Waals surface area contributed by atoms with Crippen LogP contribution in [-0.4, -0.2) is 140 Å². The van der Waals surface area contributed by atoms with Crippen LogP contribution in [0.5, 0.6) is 0 Å². The van der Waals surface area contributed by atoms with Crippen molar-refractivity contribution in [2.24, 2.45) is 38.3 Å². The average Bonchev–Trinajstić information content (AvgIpc) is 3.32. The molecule has 5 heterocycles. The molecule has 2 aromatic carbocycles. The molecule has 0 saturated carbocycles. The minimum atomic E-state index is -0.625. The summed E-state index contributed by atoms with van der Waals surface area (Å²) in [4.78, 5) is 83.2. The Kier molecular flexibility index (Phi) is 23.4. The van der Waals surface area contributed by atoms with E-state index in [9.17, 15) is 33.6 Å². The number of hydrazone groups is 2. The van der Waals surface area contributed by atoms with E-state index in [0.717, 1.165) is 65.1 Å². The molecule has 16 nitrogen and oxygen atoms in total. The molecule has 5 atom stereocenters. The lowest BCUT2D eigenvalue weighted by Crippen LogP contribution is -2.52. The minimum absolute atomic E-state index is 0.0189. The van der Waals surface area contributed by atoms with Crippen LogP contribution in [0.3, 0.4) is 0 Å². The van der Waals surface area contributed by atoms with Gasteiger partial charge in [-0.1, -0.05) is 102 Å². The van der Waals surface area contributed by atoms with Crippen LogP contribution in [0.2, 0.25) is 0 Å². The third-order valence-electron chi connectivity index (χ3n) is 13.9. The van der Waals surface area contributed by atoms with E-state index in [1.807, 2.05) is 45.0 Å². The van der Waals surface area contributed by atoms with Gasteiger partial charge in [-0.3, -0.25) is 43.4 Å². The van der Waals surface area contributed by atoms with Gasteiger partial charge in [0.1, 0.15) is 17.3 Å². The second-order valence-corrected chi connectivity index (χ2v) is 20.2. The maximum absolute atomic E-state index is 12.1. The Morgan fingerprint density at radius 1 is 0.671 bits per heavy atom. The lowest BCUT2D eigenvalue weighted by molar-refractivity contribution is -0.149. The number of carbonyl (C=O) groups is 7. The lowest BCUT2D eigenvalue weighted by Gasteiger charge is -2.44. The van der Waals surface area contributed by atoms with Gasteiger partial charge in [0.15, 0.2) is 0 Å². The number of nitrogens with one attached hydrogen (secondary N) is 1. The Morgan fingerprint density at radius 2 is 1.14 bits per heavy atom. The number of benzene rings is 2. The van der Waals surface area contributed by atoms with Crippen molar-refractivity contribution in [2.45, 2.75) is 120 Å². The van der Waals surface area contributed by atoms with E-state index in [-0.39, 0.29) is 70.8 Å². The summed E-state index contributed by atoms with van der Waals surface area (Å²) in [6, 6.07) is 20.7. The number of ketones is 3. The molecule has 70 heavy (non-hydrogen) atoms. The van der Waals surface area contributed by atoms with Gasteiger partial charge in [-0.25, -0.2) is 10.0 Å². The highest BCUT2D eigenvalue weighted by molar-refractivity contribution is 5.98. The van der Waals surface area contributed by atoms with Crippen LogP contribution in [0.1, 0.15) is 118 Å². The van der Waals surface area contributed by atoms with Crippen molar-refractivity contribution >= 4 is 52.5 Å². The fourth-order valence-corrected chi connectivity index (χ4v) is 8.72. The van der Waals surface area contributed by atoms with Crippen molar-refractivity contribution in [2.75, 3.05) is 67.6 Å². The Hall–Kier alpha value is -5.45. The number of carbonyl (C=O) groups excluding carboxylic acids is 7. The molecule has 0 spiro atoms. The van der Waals surface area contributed by atoms with Crippen LogP contribution in [-0.2, 0) is 56.1 Å². The van der Waals surface area contributed by atoms with Crippen LogP contribution < -0.4 is 5.32 Å². The third kappa shape index (κ3) is 18.4. The summed E-state index contributed by atoms with van der Waals surface area (Å²) < 4.78 is 9.09. The molecular formula is C54H81N7O9. The Morgan fingerprint density at radius 3 is 1.61 bits per heavy atom. The molecule has 3 fully saturated rings. The van der Waals surface area contributed by atoms with Gasteiger partial charge >= 0.3 is 11.9 Å². The number of ether oxygens (including phenoxy) is 2. The molecular weight excluding hydrogens is 891 g/mol. The summed E-state index contributed by atoms with van der Waals surface area (Å²) in [5.74, 6) is 0.116. The number of piperidine rings is 3. The molecule has 0 aliphatic carbocycles. The highest BCUT2D eigenvalue weighted by atomic mass is 16.5. The first kappa shape index (κ1) is 58.9. The highest BCUT2D eigenvalue weighted by Crippen LogP contribution is 2.36. The molecule has 2 aromatic rings. The summed E-state index contributed by atoms with van der Waals surface area (Å²) in [6.07, 6.45) is 4.91. The standard InChI is InChI=1S/C16H21N3O.C16H21NO3.C9H15N3O.C7H12O3.C6H12O/c1-16-10-15(20)18(2)17-14(16)8-9-19(12-16)11-13-6-4-3-5-7-13;1-16(10-15(19)20-2)12-17(9-8-14(16)18)11-13-6-4-3-5-7-13;1-9-5-8(13)12(2)11-7(9)3-4-10-6-9;1-5(6(2)8)4-7(9)10-3;1-4-5(2)6(3)7/h2*3-7H,8-12H2,1-2H3;10H,3-6H2,1-2H3;5H,4H2,1-3H3;5H,4H2,1-3H3. The van der Waals surface area contributed by atoms with Crippen molar-refractivity contribution in [3.05, 3.63) is 71.8 Å². The van der Waals surface area contributed by atoms with Crippen molar-refractivity contribution < 1.29 is 43.0 Å². The molecule has 3 saturated heterocycles. The van der Waals surface area contributed by atoms with E-state index < -0.39 is 5.41 Å². The first-order valence-electron chi connectivity index (χ1n) is 24.6. The number of methoxy groups -OCH3 is 2. The van der Waals surface area contributed by atoms with E-state index in [4.69, 9.17) is 4.74 Å². The summed E-state index contributed by atoms with van der Waals surface area (Å²) in [5, 5.41) is 15.1. The molecule has 0 bridgehead atoms. The maximum atomic E-state index is 12.1. The number of hydrogen-bond donors (Lipinski definition) is 1. The van der Waals surface area contributed by atoms with Gasteiger partial charge in [-0.2, -0.15) is 10.2 Å². The van der Waals surface area contributed by atoms with Crippen molar-refractivity contribution in [1.29, 1.82) is 0 Å². The fraction of sp³-hybridized carbons (Fsp3) is 0.611. The van der Waals surface area contributed by atoms with Crippen molar-refractivity contribution in [3.8, 4) is 0 Å². The molecule has 2 amide bonds. The van der Waals surface area contributed by atoms with Gasteiger partial charge in [0.25, 0.3) is 0 Å². The van der Waals surface area contributed by atoms with E-state index in [1.54, 1.807) is 27.9 Å². The first-order valence-corrected chi connectivity index (χ1v) is 24.6. The van der Waals surface area contributed by atoms with Gasteiger partial charge in [0.2, 0.25) is 11.8 Å². The van der Waals surface area contributed by atoms with Crippen LogP contribution in [0.25, 0.3) is 0 Å². The molecule has 5 aliphatic heterocycles. The van der Waals surface area contributed by atoms with E-state index in [0.29, 0.717) is 31.6 Å². The van der Waals surface area contributed by atoms with Crippen LogP contribution in [0.15, 0.2) is 70.9 Å². The van der Waals surface area contributed by atoms with Gasteiger partial charge in [0.05, 0.1) is 27.1 Å². The van der Waals surface area contributed by atoms with Crippen LogP contribution >= 0.6 is 0 Å². The van der Waals surface area contributed by atoms with E-state index in [2.05, 4.69) is 80.3 Å². The van der Waals surface area contributed by atoms with Gasteiger partial charge < -0.3 is 14.8 Å². The van der Waals surface area contributed by atoms with Gasteiger partial charge in [-0.15, -0.1) is 0 Å². The normalized spacial score (nSPS) is 24.0. The van der Waals surface area contributed by atoms with Gasteiger partial charge in [-0.05, 0) is 31.4 Å². The molecule has 1 N–H and O–H groups in total. The number of esters is 2. The fourth-order valence-electron chi connectivity index (χ4n) is 8.72. The van der Waals surface area contributed by atoms with Crippen molar-refractivity contribution in [3.63, 3.8) is 0 Å². The second-order valence-electron chi connectivity index (χ2n) is 20.2. The molecule has 5 aliphatic rings. The topological polar surface area (TPSA) is 188 Å². The molecule has 0 aromatic heterocycles. The SMILES string of the molecule is CCC(C)C(C)=O.CN1N=C2CCN(Cc3ccccc3)CC2(C)CC1=O.CN1N=C2CCNCC2(C)CC1=O.COC(=O)CC(C)C(C)=O.COC(=O)CC1(C)CN(Cc2ccccc2)CCC1=O. The third-order valence-corrected chi connectivity index (χ3v) is 13.9. The Labute approximate surface area is 416 Å². The highest BCUT2D eigenvalue weighted by Gasteiger charge is 2.43. The van der Waals surface area contributed by atoms with Gasteiger partial charge in [0, 0.05) is 138 Å². The number of likely N-dealkylation sites (tertiary alicyclic amines) is 2. The summed E-state index contributed by atoms with van der Waals surface area (Å²) in [7, 11) is 6.16. The molecule has 7 rings (SSSR count). The Balaban J connectivity index is 0.000000243. The molecule has 0 radical (unpaired) electrons. The average molecular weight is 972 g/mol. The minimum Gasteiger partial charge on any atom is -0.469 e. The van der Waals surface area contributed by atoms with Crippen molar-refractivity contribution in [1.82, 2.24) is 25.1 Å². The van der Waals surface area contributed by atoms with Crippen LogP contribution in [0, 0.1) is 28.1 Å². The Bertz CT molecular complexity index is 2150. The van der Waals surface area contributed by atoms with Crippen LogP contribution in [0.4, 0.5) is 0 Å². The maximum Gasteiger partial charge on any atom is 0.306 e. The quantitative estimate of drug-likeness (QED) is 0.234. The summed E-state index contributed by atoms with van der Waals surface area (Å²) in [5.41, 5.74) is 4.17. The van der Waals surface area contributed by atoms with E-state index in [1.165, 1.54) is 53.7 Å². The first-order chi connectivity index (χ1) is 33.0. The number of Topliss-reactive ketones (excluding diaryl/α,β-unsaturated/α-hetero) is 3. The summed E-state index contributed by atoms with van der Waals surface area (Å²) >= 11 is 0. The largest absolute Gasteiger partial charge is 0.469 e.